The number of hydrogen-bond donors (Lipinski definition) is 19. The number of carboxylic acid groups (broad SMARTS) is 1. The number of nitrogens with one attached hydrogen (secondary N) is 12. The quantitative estimate of drug-likeness (QED) is 0.0220. The zero-order valence-corrected chi connectivity index (χ0v) is 76.6. The maximum atomic E-state index is 15.8. The summed E-state index contributed by atoms with van der Waals surface area (Å²) in [5.74, 6) is -16.6. The van der Waals surface area contributed by atoms with Crippen LogP contribution in [0.3, 0.4) is 0 Å². The number of thioether (sulfide) groups is 1. The van der Waals surface area contributed by atoms with Crippen molar-refractivity contribution in [3.8, 4) is 5.75 Å². The highest BCUT2D eigenvalue weighted by atomic mass is 32.2. The lowest BCUT2D eigenvalue weighted by molar-refractivity contribution is -0.149. The average molecular weight is 1860 g/mol. The van der Waals surface area contributed by atoms with Crippen molar-refractivity contribution in [1.29, 1.82) is 0 Å². The molecule has 15 atom stereocenters. The van der Waals surface area contributed by atoms with Crippen molar-refractivity contribution in [2.75, 3.05) is 85.6 Å². The third-order valence-corrected chi connectivity index (χ3v) is 25.0. The Morgan fingerprint density at radius 3 is 1.63 bits per heavy atom. The number of aliphatic hydroxyl groups is 1. The van der Waals surface area contributed by atoms with Gasteiger partial charge < -0.3 is 131 Å². The SMILES string of the molecule is CCCC[C@H]1C(=O)N(C)[C@@H](CCCC)C(=O)N[C@@H](CCCN)C(=O)N[C@H](C(=O)NCC(N)=O)CSCC(=O)N[C@@H](Cc2ccc(OC)cc2)C(=O)N(C)[C@@H](C)C(=O)N[C@@H](CC(=O)O)C(=O)N2CCC[C@H]2C(=O)N[C@@H](CN)C(=O)N[C@@H](CCCCN)C(=O)N2C[C@H](O)C[C@H]2C(=O)N[C@@H](Cc2c[nH]c3ccccc23)C(=O)NC(CCN)C(=O)N[C@@H](Cc2c[nH]c3ccccc23)C(=O)N1C. The molecular formula is C89H130N22O20S. The van der Waals surface area contributed by atoms with Gasteiger partial charge in [-0.3, -0.25) is 81.5 Å². The third kappa shape index (κ3) is 29.1. The lowest BCUT2D eigenvalue weighted by atomic mass is 9.99. The summed E-state index contributed by atoms with van der Waals surface area (Å²) in [4.78, 5) is 261. The number of rotatable bonds is 28. The predicted molar refractivity (Wildman–Crippen MR) is 489 cm³/mol. The van der Waals surface area contributed by atoms with Gasteiger partial charge in [0.05, 0.1) is 31.9 Å². The molecule has 5 heterocycles. The number of aliphatic carboxylic acids is 1. The maximum absolute atomic E-state index is 15.8. The number of aliphatic hydroxyl groups excluding tert-OH is 1. The van der Waals surface area contributed by atoms with E-state index >= 15 is 33.6 Å². The molecule has 3 aliphatic rings. The Kier molecular flexibility index (Phi) is 41.0. The van der Waals surface area contributed by atoms with Gasteiger partial charge in [-0.25, -0.2) is 0 Å². The van der Waals surface area contributed by atoms with Gasteiger partial charge in [0.25, 0.3) is 0 Å². The first-order chi connectivity index (χ1) is 63.1. The minimum atomic E-state index is -1.88. The Bertz CT molecular complexity index is 4860. The second-order valence-corrected chi connectivity index (χ2v) is 34.6. The molecule has 24 N–H and O–H groups in total. The van der Waals surface area contributed by atoms with Crippen LogP contribution in [0.5, 0.6) is 5.75 Å². The van der Waals surface area contributed by atoms with Crippen LogP contribution in [-0.4, -0.2) is 321 Å². The smallest absolute Gasteiger partial charge is 0.305 e. The number of unbranched alkanes of at least 4 members (excludes halogenated alkanes) is 3. The van der Waals surface area contributed by atoms with Crippen LogP contribution in [0.4, 0.5) is 0 Å². The molecule has 42 nitrogen and oxygen atoms in total. The molecule has 722 valence electrons. The zero-order valence-electron chi connectivity index (χ0n) is 75.8. The fourth-order valence-electron chi connectivity index (χ4n) is 16.4. The van der Waals surface area contributed by atoms with E-state index in [0.29, 0.717) is 76.3 Å². The molecule has 16 amide bonds. The van der Waals surface area contributed by atoms with Crippen LogP contribution in [0.25, 0.3) is 21.8 Å². The molecule has 8 rings (SSSR count). The molecule has 43 heteroatoms. The second-order valence-electron chi connectivity index (χ2n) is 33.5. The predicted octanol–water partition coefficient (Wildman–Crippen LogP) is -3.12. The topological polar surface area (TPSA) is 638 Å². The average Bonchev–Trinajstić information content (AvgIpc) is 1.60. The molecule has 0 saturated carbocycles. The fraction of sp³-hybridized carbons (Fsp3) is 0.562. The lowest BCUT2D eigenvalue weighted by Gasteiger charge is -2.36. The molecule has 3 aliphatic heterocycles. The van der Waals surface area contributed by atoms with Gasteiger partial charge >= 0.3 is 5.97 Å². The molecule has 1 unspecified atom stereocenters. The number of primary amides is 1. The number of methoxy groups -OCH3 is 1. The number of fused-ring (bicyclic) bond motifs is 4. The van der Waals surface area contributed by atoms with Crippen molar-refractivity contribution >= 4 is 134 Å². The van der Waals surface area contributed by atoms with Crippen LogP contribution in [0.15, 0.2) is 85.2 Å². The number of aromatic amines is 2. The highest BCUT2D eigenvalue weighted by Crippen LogP contribution is 2.28. The van der Waals surface area contributed by atoms with E-state index in [1.807, 2.05) is 13.8 Å². The summed E-state index contributed by atoms with van der Waals surface area (Å²) in [6.07, 6.45) is 1.98. The van der Waals surface area contributed by atoms with Crippen LogP contribution in [0.2, 0.25) is 0 Å². The van der Waals surface area contributed by atoms with E-state index in [1.54, 1.807) is 85.2 Å². The Balaban J connectivity index is 1.19. The molecule has 2 aromatic heterocycles. The number of nitrogens with two attached hydrogens (primary N) is 5. The number of nitrogens with zero attached hydrogens (tertiary/aromatic N) is 5. The standard InChI is InChI=1S/C89H130N22O20S/c1-8-10-26-69-82(123)100-60(25-18-35-91)78(119)106-68(77(118)97-46-73(94)113)48-132-49-74(114)98-64(38-51-29-31-55(131-7)32-30-51)85(126)107(4)50(3)76(117)103-66(42-75(115)116)88(129)110-37-19-28-70(110)83(124)105-67(43-93)81(122)101-62(24-16-17-34-90)87(128)111-47-54(112)41-72(111)84(125)102-63(39-52-44-95-58-22-14-12-20-56(52)58)80(121)99-61(33-36-92)79(120)104-65(40-53-45-96-59-23-15-13-21-57(53)59)86(127)109(6)71(27-11-9-2)89(130)108(69)5/h12-15,20-23,29-32,44-45,50,54,60-72,95-96,112H,8-11,16-19,24-28,33-43,46-49,90-93H2,1-7H3,(H2,94,113)(H,97,118)(H,98,114)(H,99,121)(H,100,123)(H,101,122)(H,102,125)(H,103,117)(H,104,120)(H,105,124)(H,106,119)(H,115,116)/t50-,54+,60-,61?,62-,63-,64-,65-,66-,67-,68-,69-,70-,71-,72-/m0/s1. The number of carboxylic acids is 1. The highest BCUT2D eigenvalue weighted by Gasteiger charge is 2.47. The largest absolute Gasteiger partial charge is 0.497 e. The number of para-hydroxylation sites is 2. The molecule has 3 saturated heterocycles. The fourth-order valence-corrected chi connectivity index (χ4v) is 17.2. The van der Waals surface area contributed by atoms with Crippen molar-refractivity contribution < 1.29 is 96.5 Å². The van der Waals surface area contributed by atoms with E-state index in [4.69, 9.17) is 33.4 Å². The van der Waals surface area contributed by atoms with Gasteiger partial charge in [-0.05, 0) is 132 Å². The number of aromatic nitrogens is 2. The number of carbonyl (C=O) groups is 17. The first-order valence-electron chi connectivity index (χ1n) is 44.8. The van der Waals surface area contributed by atoms with E-state index in [0.717, 1.165) is 26.5 Å². The summed E-state index contributed by atoms with van der Waals surface area (Å²) in [5, 5.41) is 49.5. The number of ether oxygens (including phenoxy) is 1. The Morgan fingerprint density at radius 2 is 1.02 bits per heavy atom. The third-order valence-electron chi connectivity index (χ3n) is 24.0. The Labute approximate surface area is 769 Å². The summed E-state index contributed by atoms with van der Waals surface area (Å²) < 4.78 is 5.33. The number of H-pyrrole nitrogens is 2. The van der Waals surface area contributed by atoms with Gasteiger partial charge in [0.2, 0.25) is 94.5 Å². The summed E-state index contributed by atoms with van der Waals surface area (Å²) in [6, 6.07) is -0.615. The van der Waals surface area contributed by atoms with Crippen molar-refractivity contribution in [3.05, 3.63) is 102 Å². The van der Waals surface area contributed by atoms with Crippen molar-refractivity contribution in [3.63, 3.8) is 0 Å². The minimum absolute atomic E-state index is 0.0107. The van der Waals surface area contributed by atoms with Gasteiger partial charge in [0.1, 0.15) is 90.3 Å². The van der Waals surface area contributed by atoms with E-state index in [1.165, 1.54) is 45.0 Å². The normalized spacial score (nSPS) is 25.1. The first-order valence-corrected chi connectivity index (χ1v) is 46.0. The summed E-state index contributed by atoms with van der Waals surface area (Å²) in [5.41, 5.74) is 32.7. The minimum Gasteiger partial charge on any atom is -0.497 e. The number of benzene rings is 3. The molecular weight excluding hydrogens is 1730 g/mol. The van der Waals surface area contributed by atoms with Crippen molar-refractivity contribution in [2.24, 2.45) is 28.7 Å². The van der Waals surface area contributed by atoms with Crippen LogP contribution >= 0.6 is 11.8 Å². The van der Waals surface area contributed by atoms with Gasteiger partial charge in [0, 0.05) is 106 Å². The van der Waals surface area contributed by atoms with Crippen LogP contribution in [0.1, 0.15) is 140 Å². The van der Waals surface area contributed by atoms with E-state index in [-0.39, 0.29) is 110 Å². The van der Waals surface area contributed by atoms with E-state index < -0.39 is 229 Å². The van der Waals surface area contributed by atoms with E-state index in [9.17, 15) is 58.2 Å². The molecule has 0 spiro atoms. The van der Waals surface area contributed by atoms with Gasteiger partial charge in [-0.15, -0.1) is 11.8 Å². The van der Waals surface area contributed by atoms with Gasteiger partial charge in [-0.2, -0.15) is 0 Å². The number of hydrogen-bond acceptors (Lipinski definition) is 24. The second kappa shape index (κ2) is 51.5. The van der Waals surface area contributed by atoms with Crippen LogP contribution < -0.4 is 86.6 Å². The molecule has 3 fully saturated rings. The van der Waals surface area contributed by atoms with Gasteiger partial charge in [-0.1, -0.05) is 88.1 Å². The molecule has 132 heavy (non-hydrogen) atoms. The summed E-state index contributed by atoms with van der Waals surface area (Å²) in [6.45, 7) is 3.02. The monoisotopic (exact) mass is 1860 g/mol. The molecule has 3 aromatic carbocycles. The molecule has 0 aliphatic carbocycles. The van der Waals surface area contributed by atoms with Crippen LogP contribution in [-0.2, 0) is 101 Å². The lowest BCUT2D eigenvalue weighted by Crippen LogP contribution is -2.61. The molecule has 0 radical (unpaired) electrons. The molecule has 0 bridgehead atoms. The Morgan fingerprint density at radius 1 is 0.508 bits per heavy atom. The van der Waals surface area contributed by atoms with Crippen LogP contribution in [0, 0.1) is 0 Å². The number of likely N-dealkylation sites (N-methyl/N-ethyl adjacent to an activating group) is 3. The van der Waals surface area contributed by atoms with Crippen molar-refractivity contribution in [2.45, 2.75) is 233 Å². The summed E-state index contributed by atoms with van der Waals surface area (Å²) in [7, 11) is 5.42. The number of carbonyl (C=O) groups excluding carboxylic acids is 16. The van der Waals surface area contributed by atoms with E-state index in [2.05, 4.69) is 63.1 Å². The summed E-state index contributed by atoms with van der Waals surface area (Å²) >= 11 is 0.793. The van der Waals surface area contributed by atoms with Crippen molar-refractivity contribution in [1.82, 2.24) is 87.6 Å². The first kappa shape index (κ1) is 105. The maximum Gasteiger partial charge on any atom is 0.305 e. The van der Waals surface area contributed by atoms with Gasteiger partial charge in [0.15, 0.2) is 0 Å². The Hall–Kier alpha value is -12.3. The highest BCUT2D eigenvalue weighted by molar-refractivity contribution is 8.00. The number of amides is 16. The zero-order chi connectivity index (χ0) is 96.6. The molecule has 5 aromatic rings.